The van der Waals surface area contributed by atoms with Crippen LogP contribution < -0.4 is 0 Å². The predicted molar refractivity (Wildman–Crippen MR) is 82.2 cm³/mol. The molecule has 0 spiro atoms. The van der Waals surface area contributed by atoms with Crippen LogP contribution >= 0.6 is 34.8 Å². The van der Waals surface area contributed by atoms with E-state index in [0.29, 0.717) is 34.1 Å². The molecule has 0 fully saturated rings. The Bertz CT molecular complexity index is 809. The molecule has 1 atom stereocenters. The van der Waals surface area contributed by atoms with Crippen LogP contribution in [-0.2, 0) is 6.54 Å². The van der Waals surface area contributed by atoms with Crippen LogP contribution in [0.3, 0.4) is 0 Å². The SMILES string of the molecule is Cc1nc(Cn2c(C(C)Cl)nc3cc(Cl)c(Cl)cc32)no1. The zero-order valence-corrected chi connectivity index (χ0v) is 13.5. The van der Waals surface area contributed by atoms with E-state index in [2.05, 4.69) is 15.1 Å². The molecule has 2 heterocycles. The van der Waals surface area contributed by atoms with Gasteiger partial charge in [0.1, 0.15) is 5.82 Å². The fraction of sp³-hybridized carbons (Fsp3) is 0.308. The van der Waals surface area contributed by atoms with E-state index in [9.17, 15) is 0 Å². The Kier molecular flexibility index (Phi) is 3.82. The van der Waals surface area contributed by atoms with Gasteiger partial charge in [-0.25, -0.2) is 4.98 Å². The van der Waals surface area contributed by atoms with Gasteiger partial charge in [-0.05, 0) is 19.1 Å². The zero-order chi connectivity index (χ0) is 15.1. The van der Waals surface area contributed by atoms with Gasteiger partial charge in [0.05, 0.1) is 33.0 Å². The van der Waals surface area contributed by atoms with Crippen LogP contribution in [0.25, 0.3) is 11.0 Å². The molecule has 3 aromatic rings. The highest BCUT2D eigenvalue weighted by Crippen LogP contribution is 2.31. The quantitative estimate of drug-likeness (QED) is 0.661. The molecule has 1 unspecified atom stereocenters. The van der Waals surface area contributed by atoms with Gasteiger partial charge in [-0.15, -0.1) is 11.6 Å². The second kappa shape index (κ2) is 5.48. The van der Waals surface area contributed by atoms with Gasteiger partial charge in [0.15, 0.2) is 5.82 Å². The summed E-state index contributed by atoms with van der Waals surface area (Å²) in [6, 6.07) is 3.49. The number of aryl methyl sites for hydroxylation is 1. The summed E-state index contributed by atoms with van der Waals surface area (Å²) in [7, 11) is 0. The lowest BCUT2D eigenvalue weighted by Crippen LogP contribution is -2.07. The lowest BCUT2D eigenvalue weighted by Gasteiger charge is -2.08. The summed E-state index contributed by atoms with van der Waals surface area (Å²) in [5.74, 6) is 1.76. The standard InChI is InChI=1S/C13H11Cl3N4O/c1-6(14)13-18-10-3-8(15)9(16)4-11(10)20(13)5-12-17-7(2)21-19-12/h3-4,6H,5H2,1-2H3. The third kappa shape index (κ3) is 2.73. The largest absolute Gasteiger partial charge is 0.340 e. The molecule has 2 aromatic heterocycles. The van der Waals surface area contributed by atoms with Crippen LogP contribution in [-0.4, -0.2) is 19.7 Å². The Morgan fingerprint density at radius 2 is 1.95 bits per heavy atom. The number of alkyl halides is 1. The van der Waals surface area contributed by atoms with E-state index in [4.69, 9.17) is 39.3 Å². The van der Waals surface area contributed by atoms with Crippen molar-refractivity contribution in [3.63, 3.8) is 0 Å². The van der Waals surface area contributed by atoms with Crippen LogP contribution in [0.2, 0.25) is 10.0 Å². The molecule has 1 aromatic carbocycles. The molecule has 0 bridgehead atoms. The Balaban J connectivity index is 2.17. The first kappa shape index (κ1) is 14.6. The number of aromatic nitrogens is 4. The first-order valence-electron chi connectivity index (χ1n) is 6.24. The number of benzene rings is 1. The number of halogens is 3. The van der Waals surface area contributed by atoms with E-state index in [0.717, 1.165) is 11.0 Å². The van der Waals surface area contributed by atoms with Crippen molar-refractivity contribution >= 4 is 45.8 Å². The molecule has 110 valence electrons. The molecular formula is C13H11Cl3N4O. The fourth-order valence-corrected chi connectivity index (χ4v) is 2.64. The van der Waals surface area contributed by atoms with Crippen LogP contribution in [0.15, 0.2) is 16.7 Å². The molecule has 0 aliphatic heterocycles. The highest BCUT2D eigenvalue weighted by molar-refractivity contribution is 6.42. The Labute approximate surface area is 135 Å². The van der Waals surface area contributed by atoms with Crippen LogP contribution in [0, 0.1) is 6.92 Å². The molecular weight excluding hydrogens is 335 g/mol. The molecule has 0 saturated carbocycles. The van der Waals surface area contributed by atoms with Gasteiger partial charge in [0.25, 0.3) is 0 Å². The minimum atomic E-state index is -0.275. The number of rotatable bonds is 3. The minimum Gasteiger partial charge on any atom is -0.340 e. The van der Waals surface area contributed by atoms with Crippen LogP contribution in [0.5, 0.6) is 0 Å². The summed E-state index contributed by atoms with van der Waals surface area (Å²) >= 11 is 18.4. The second-order valence-electron chi connectivity index (χ2n) is 4.66. The van der Waals surface area contributed by atoms with Gasteiger partial charge in [0.2, 0.25) is 5.89 Å². The van der Waals surface area contributed by atoms with Crippen molar-refractivity contribution in [2.45, 2.75) is 25.8 Å². The van der Waals surface area contributed by atoms with E-state index in [1.54, 1.807) is 19.1 Å². The van der Waals surface area contributed by atoms with Crippen molar-refractivity contribution in [2.75, 3.05) is 0 Å². The maximum absolute atomic E-state index is 6.22. The first-order valence-corrected chi connectivity index (χ1v) is 7.43. The van der Waals surface area contributed by atoms with E-state index >= 15 is 0 Å². The molecule has 0 aliphatic carbocycles. The van der Waals surface area contributed by atoms with Crippen molar-refractivity contribution in [3.8, 4) is 0 Å². The smallest absolute Gasteiger partial charge is 0.223 e. The van der Waals surface area contributed by atoms with Crippen LogP contribution in [0.1, 0.15) is 29.8 Å². The number of nitrogens with zero attached hydrogens (tertiary/aromatic N) is 4. The van der Waals surface area contributed by atoms with Gasteiger partial charge in [-0.3, -0.25) is 0 Å². The fourth-order valence-electron chi connectivity index (χ4n) is 2.16. The minimum absolute atomic E-state index is 0.275. The number of imidazole rings is 1. The lowest BCUT2D eigenvalue weighted by molar-refractivity contribution is 0.386. The summed E-state index contributed by atoms with van der Waals surface area (Å²) in [6.45, 7) is 3.99. The number of fused-ring (bicyclic) bond motifs is 1. The van der Waals surface area contributed by atoms with Crippen molar-refractivity contribution < 1.29 is 4.52 Å². The third-order valence-corrected chi connectivity index (χ3v) is 3.96. The van der Waals surface area contributed by atoms with Gasteiger partial charge in [-0.2, -0.15) is 4.98 Å². The molecule has 0 radical (unpaired) electrons. The van der Waals surface area contributed by atoms with Crippen molar-refractivity contribution in [1.29, 1.82) is 0 Å². The number of hydrogen-bond acceptors (Lipinski definition) is 4. The zero-order valence-electron chi connectivity index (χ0n) is 11.3. The molecule has 5 nitrogen and oxygen atoms in total. The second-order valence-corrected chi connectivity index (χ2v) is 6.13. The van der Waals surface area contributed by atoms with Crippen molar-refractivity contribution in [3.05, 3.63) is 39.7 Å². The Morgan fingerprint density at radius 1 is 1.24 bits per heavy atom. The van der Waals surface area contributed by atoms with Crippen LogP contribution in [0.4, 0.5) is 0 Å². The lowest BCUT2D eigenvalue weighted by atomic mass is 10.3. The first-order chi connectivity index (χ1) is 9.95. The molecule has 3 rings (SSSR count). The third-order valence-electron chi connectivity index (χ3n) is 3.04. The average Bonchev–Trinajstić information content (AvgIpc) is 2.96. The topological polar surface area (TPSA) is 56.7 Å². The average molecular weight is 346 g/mol. The van der Waals surface area contributed by atoms with E-state index < -0.39 is 0 Å². The van der Waals surface area contributed by atoms with Gasteiger partial charge < -0.3 is 9.09 Å². The highest BCUT2D eigenvalue weighted by atomic mass is 35.5. The monoisotopic (exact) mass is 344 g/mol. The maximum atomic E-state index is 6.22. The normalized spacial score (nSPS) is 13.0. The Morgan fingerprint density at radius 3 is 2.57 bits per heavy atom. The summed E-state index contributed by atoms with van der Waals surface area (Å²) < 4.78 is 6.91. The van der Waals surface area contributed by atoms with E-state index in [1.165, 1.54) is 0 Å². The van der Waals surface area contributed by atoms with E-state index in [-0.39, 0.29) is 5.38 Å². The van der Waals surface area contributed by atoms with Crippen molar-refractivity contribution in [1.82, 2.24) is 19.7 Å². The number of hydrogen-bond donors (Lipinski definition) is 0. The Hall–Kier alpha value is -1.30. The summed E-state index contributed by atoms with van der Waals surface area (Å²) in [6.07, 6.45) is 0. The highest BCUT2D eigenvalue weighted by Gasteiger charge is 2.18. The van der Waals surface area contributed by atoms with Crippen molar-refractivity contribution in [2.24, 2.45) is 0 Å². The maximum Gasteiger partial charge on any atom is 0.223 e. The molecule has 0 N–H and O–H groups in total. The van der Waals surface area contributed by atoms with Gasteiger partial charge in [0, 0.05) is 6.92 Å². The summed E-state index contributed by atoms with van der Waals surface area (Å²) in [5.41, 5.74) is 1.56. The summed E-state index contributed by atoms with van der Waals surface area (Å²) in [5, 5.41) is 4.54. The summed E-state index contributed by atoms with van der Waals surface area (Å²) in [4.78, 5) is 8.72. The predicted octanol–water partition coefficient (Wildman–Crippen LogP) is 4.38. The van der Waals surface area contributed by atoms with Gasteiger partial charge in [-0.1, -0.05) is 28.4 Å². The molecule has 8 heteroatoms. The molecule has 0 aliphatic rings. The molecule has 0 saturated heterocycles. The van der Waals surface area contributed by atoms with Gasteiger partial charge >= 0.3 is 0 Å². The van der Waals surface area contributed by atoms with E-state index in [1.807, 2.05) is 11.5 Å². The molecule has 0 amide bonds. The molecule has 21 heavy (non-hydrogen) atoms.